The van der Waals surface area contributed by atoms with Crippen molar-refractivity contribution in [1.29, 1.82) is 0 Å². The Morgan fingerprint density at radius 3 is 2.71 bits per heavy atom. The third kappa shape index (κ3) is 3.20. The molecule has 3 nitrogen and oxygen atoms in total. The standard InChI is InChI=1S/C14H21NO2/c1-17-14-5-4-12(6-9-16)10-13(14)11-15-7-2-3-8-15/h4-5,10,16H,2-3,6-9,11H2,1H3. The summed E-state index contributed by atoms with van der Waals surface area (Å²) >= 11 is 0. The Labute approximate surface area is 103 Å². The lowest BCUT2D eigenvalue weighted by atomic mass is 10.1. The van der Waals surface area contributed by atoms with Crippen LogP contribution in [0.2, 0.25) is 0 Å². The summed E-state index contributed by atoms with van der Waals surface area (Å²) in [5, 5.41) is 8.98. The molecule has 17 heavy (non-hydrogen) atoms. The maximum absolute atomic E-state index is 8.98. The van der Waals surface area contributed by atoms with E-state index in [9.17, 15) is 0 Å². The molecule has 1 N–H and O–H groups in total. The minimum Gasteiger partial charge on any atom is -0.496 e. The van der Waals surface area contributed by atoms with E-state index in [2.05, 4.69) is 11.0 Å². The Kier molecular flexibility index (Phi) is 4.40. The molecule has 0 aromatic heterocycles. The topological polar surface area (TPSA) is 32.7 Å². The van der Waals surface area contributed by atoms with E-state index in [0.717, 1.165) is 18.7 Å². The first-order chi connectivity index (χ1) is 8.33. The smallest absolute Gasteiger partial charge is 0.123 e. The molecule has 0 radical (unpaired) electrons. The second-order valence-electron chi connectivity index (χ2n) is 4.60. The van der Waals surface area contributed by atoms with Crippen LogP contribution in [-0.2, 0) is 13.0 Å². The molecular formula is C14H21NO2. The normalized spacial score (nSPS) is 16.4. The minimum atomic E-state index is 0.204. The van der Waals surface area contributed by atoms with E-state index >= 15 is 0 Å². The Balaban J connectivity index is 2.12. The van der Waals surface area contributed by atoms with Gasteiger partial charge in [-0.2, -0.15) is 0 Å². The van der Waals surface area contributed by atoms with Gasteiger partial charge in [-0.3, -0.25) is 4.90 Å². The molecule has 94 valence electrons. The van der Waals surface area contributed by atoms with Crippen molar-refractivity contribution >= 4 is 0 Å². The first kappa shape index (κ1) is 12.4. The highest BCUT2D eigenvalue weighted by atomic mass is 16.5. The van der Waals surface area contributed by atoms with Gasteiger partial charge in [0.05, 0.1) is 7.11 Å². The van der Waals surface area contributed by atoms with E-state index in [1.54, 1.807) is 7.11 Å². The highest BCUT2D eigenvalue weighted by Gasteiger charge is 2.14. The number of nitrogens with zero attached hydrogens (tertiary/aromatic N) is 1. The molecule has 1 aromatic rings. The van der Waals surface area contributed by atoms with Gasteiger partial charge in [-0.25, -0.2) is 0 Å². The van der Waals surface area contributed by atoms with Gasteiger partial charge in [0.1, 0.15) is 5.75 Å². The zero-order valence-electron chi connectivity index (χ0n) is 10.5. The van der Waals surface area contributed by atoms with Gasteiger partial charge in [-0.15, -0.1) is 0 Å². The van der Waals surface area contributed by atoms with E-state index in [-0.39, 0.29) is 6.61 Å². The van der Waals surface area contributed by atoms with Crippen LogP contribution >= 0.6 is 0 Å². The minimum absolute atomic E-state index is 0.204. The molecule has 1 aromatic carbocycles. The van der Waals surface area contributed by atoms with Crippen molar-refractivity contribution in [3.8, 4) is 5.75 Å². The highest BCUT2D eigenvalue weighted by Crippen LogP contribution is 2.23. The zero-order chi connectivity index (χ0) is 12.1. The molecule has 0 atom stereocenters. The molecule has 0 saturated carbocycles. The van der Waals surface area contributed by atoms with Crippen LogP contribution in [0.1, 0.15) is 24.0 Å². The fourth-order valence-electron chi connectivity index (χ4n) is 2.42. The Hall–Kier alpha value is -1.06. The van der Waals surface area contributed by atoms with Gasteiger partial charge in [0.25, 0.3) is 0 Å². The summed E-state index contributed by atoms with van der Waals surface area (Å²) in [6.07, 6.45) is 3.33. The van der Waals surface area contributed by atoms with Crippen LogP contribution in [-0.4, -0.2) is 36.8 Å². The van der Waals surface area contributed by atoms with Gasteiger partial charge in [0.15, 0.2) is 0 Å². The van der Waals surface area contributed by atoms with Crippen molar-refractivity contribution in [2.24, 2.45) is 0 Å². The molecule has 0 bridgehead atoms. The van der Waals surface area contributed by atoms with Crippen LogP contribution in [0.5, 0.6) is 5.75 Å². The molecule has 1 saturated heterocycles. The summed E-state index contributed by atoms with van der Waals surface area (Å²) in [5.74, 6) is 0.957. The average molecular weight is 235 g/mol. The van der Waals surface area contributed by atoms with Gasteiger partial charge in [-0.05, 0) is 44.0 Å². The number of aliphatic hydroxyl groups excluding tert-OH is 1. The fourth-order valence-corrected chi connectivity index (χ4v) is 2.42. The van der Waals surface area contributed by atoms with Gasteiger partial charge in [-0.1, -0.05) is 12.1 Å². The number of methoxy groups -OCH3 is 1. The van der Waals surface area contributed by atoms with Crippen LogP contribution < -0.4 is 4.74 Å². The predicted molar refractivity (Wildman–Crippen MR) is 68.3 cm³/mol. The number of likely N-dealkylation sites (tertiary alicyclic amines) is 1. The molecule has 2 rings (SSSR count). The molecule has 1 aliphatic rings. The lowest BCUT2D eigenvalue weighted by molar-refractivity contribution is 0.299. The van der Waals surface area contributed by atoms with E-state index in [4.69, 9.17) is 9.84 Å². The zero-order valence-corrected chi connectivity index (χ0v) is 10.5. The van der Waals surface area contributed by atoms with Gasteiger partial charge in [0.2, 0.25) is 0 Å². The SMILES string of the molecule is COc1ccc(CCO)cc1CN1CCCC1. The van der Waals surface area contributed by atoms with Gasteiger partial charge < -0.3 is 9.84 Å². The molecule has 0 amide bonds. The summed E-state index contributed by atoms with van der Waals surface area (Å²) in [6.45, 7) is 3.54. The Morgan fingerprint density at radius 1 is 1.29 bits per heavy atom. The van der Waals surface area contributed by atoms with Crippen LogP contribution in [0.25, 0.3) is 0 Å². The molecule has 0 aliphatic carbocycles. The molecule has 1 heterocycles. The second kappa shape index (κ2) is 6.03. The van der Waals surface area contributed by atoms with Crippen LogP contribution in [0.3, 0.4) is 0 Å². The summed E-state index contributed by atoms with van der Waals surface area (Å²) < 4.78 is 5.40. The van der Waals surface area contributed by atoms with Crippen molar-refractivity contribution in [2.75, 3.05) is 26.8 Å². The second-order valence-corrected chi connectivity index (χ2v) is 4.60. The van der Waals surface area contributed by atoms with Crippen molar-refractivity contribution in [1.82, 2.24) is 4.90 Å². The first-order valence-electron chi connectivity index (χ1n) is 6.32. The summed E-state index contributed by atoms with van der Waals surface area (Å²) in [7, 11) is 1.72. The molecular weight excluding hydrogens is 214 g/mol. The Bertz CT molecular complexity index is 359. The average Bonchev–Trinajstić information content (AvgIpc) is 2.83. The van der Waals surface area contributed by atoms with Crippen molar-refractivity contribution in [2.45, 2.75) is 25.8 Å². The predicted octanol–water partition coefficient (Wildman–Crippen LogP) is 1.83. The number of benzene rings is 1. The largest absolute Gasteiger partial charge is 0.496 e. The first-order valence-corrected chi connectivity index (χ1v) is 6.32. The fraction of sp³-hybridized carbons (Fsp3) is 0.571. The number of aliphatic hydroxyl groups is 1. The van der Waals surface area contributed by atoms with Gasteiger partial charge >= 0.3 is 0 Å². The summed E-state index contributed by atoms with van der Waals surface area (Å²) in [4.78, 5) is 2.46. The molecule has 1 fully saturated rings. The summed E-state index contributed by atoms with van der Waals surface area (Å²) in [6, 6.07) is 6.20. The van der Waals surface area contributed by atoms with E-state index in [1.807, 2.05) is 12.1 Å². The Morgan fingerprint density at radius 2 is 2.06 bits per heavy atom. The number of hydrogen-bond acceptors (Lipinski definition) is 3. The molecule has 1 aliphatic heterocycles. The third-order valence-electron chi connectivity index (χ3n) is 3.34. The number of hydrogen-bond donors (Lipinski definition) is 1. The monoisotopic (exact) mass is 235 g/mol. The molecule has 3 heteroatoms. The lowest BCUT2D eigenvalue weighted by Crippen LogP contribution is -2.19. The van der Waals surface area contributed by atoms with Crippen molar-refractivity contribution in [3.63, 3.8) is 0 Å². The number of rotatable bonds is 5. The maximum atomic E-state index is 8.98. The lowest BCUT2D eigenvalue weighted by Gasteiger charge is -2.17. The van der Waals surface area contributed by atoms with Crippen molar-refractivity contribution < 1.29 is 9.84 Å². The van der Waals surface area contributed by atoms with Crippen LogP contribution in [0.4, 0.5) is 0 Å². The third-order valence-corrected chi connectivity index (χ3v) is 3.34. The molecule has 0 unspecified atom stereocenters. The highest BCUT2D eigenvalue weighted by molar-refractivity contribution is 5.37. The van der Waals surface area contributed by atoms with Crippen LogP contribution in [0.15, 0.2) is 18.2 Å². The van der Waals surface area contributed by atoms with Crippen molar-refractivity contribution in [3.05, 3.63) is 29.3 Å². The van der Waals surface area contributed by atoms with E-state index in [1.165, 1.54) is 37.1 Å². The van der Waals surface area contributed by atoms with E-state index < -0.39 is 0 Å². The van der Waals surface area contributed by atoms with Crippen LogP contribution in [0, 0.1) is 0 Å². The molecule has 0 spiro atoms. The number of ether oxygens (including phenoxy) is 1. The summed E-state index contributed by atoms with van der Waals surface area (Å²) in [5.41, 5.74) is 2.42. The quantitative estimate of drug-likeness (QED) is 0.845. The maximum Gasteiger partial charge on any atom is 0.123 e. The van der Waals surface area contributed by atoms with Gasteiger partial charge in [0, 0.05) is 18.7 Å². The van der Waals surface area contributed by atoms with E-state index in [0.29, 0.717) is 0 Å².